The van der Waals surface area contributed by atoms with E-state index in [1.165, 1.54) is 12.8 Å². The van der Waals surface area contributed by atoms with Crippen LogP contribution in [0.3, 0.4) is 0 Å². The van der Waals surface area contributed by atoms with Crippen LogP contribution in [0.15, 0.2) is 18.2 Å². The summed E-state index contributed by atoms with van der Waals surface area (Å²) in [6, 6.07) is 6.24. The summed E-state index contributed by atoms with van der Waals surface area (Å²) in [7, 11) is 0. The molecule has 0 amide bonds. The minimum absolute atomic E-state index is 0.164. The largest absolute Gasteiger partial charge is 0.486 e. The molecule has 0 aliphatic carbocycles. The molecule has 3 N–H and O–H groups in total. The van der Waals surface area contributed by atoms with Crippen LogP contribution in [-0.2, 0) is 0 Å². The number of fused-ring (bicyclic) bond motifs is 1. The molecule has 0 spiro atoms. The predicted molar refractivity (Wildman–Crippen MR) is 76.2 cm³/mol. The van der Waals surface area contributed by atoms with E-state index in [9.17, 15) is 0 Å². The summed E-state index contributed by atoms with van der Waals surface area (Å²) in [5.41, 5.74) is 4.08. The number of benzene rings is 1. The molecule has 1 aromatic rings. The van der Waals surface area contributed by atoms with Gasteiger partial charge in [-0.15, -0.1) is 0 Å². The molecule has 0 bridgehead atoms. The van der Waals surface area contributed by atoms with Crippen LogP contribution in [0.4, 0.5) is 0 Å². The third kappa shape index (κ3) is 3.61. The van der Waals surface area contributed by atoms with E-state index in [0.29, 0.717) is 19.1 Å². The van der Waals surface area contributed by atoms with Gasteiger partial charge in [-0.05, 0) is 30.0 Å². The van der Waals surface area contributed by atoms with E-state index in [4.69, 9.17) is 15.3 Å². The maximum absolute atomic E-state index is 5.70. The summed E-state index contributed by atoms with van der Waals surface area (Å²) in [4.78, 5) is 0. The fourth-order valence-corrected chi connectivity index (χ4v) is 2.59. The Kier molecular flexibility index (Phi) is 5.05. The Morgan fingerprint density at radius 2 is 2.00 bits per heavy atom. The summed E-state index contributed by atoms with van der Waals surface area (Å²) in [5.74, 6) is 8.01. The van der Waals surface area contributed by atoms with E-state index < -0.39 is 0 Å². The van der Waals surface area contributed by atoms with E-state index in [0.717, 1.165) is 23.5 Å². The lowest BCUT2D eigenvalue weighted by Crippen LogP contribution is -2.29. The zero-order chi connectivity index (χ0) is 13.7. The van der Waals surface area contributed by atoms with Gasteiger partial charge in [0.1, 0.15) is 13.2 Å². The number of nitrogens with two attached hydrogens (primary N) is 1. The topological polar surface area (TPSA) is 56.5 Å². The molecular formula is C15H24N2O2. The van der Waals surface area contributed by atoms with Gasteiger partial charge in [0.25, 0.3) is 0 Å². The van der Waals surface area contributed by atoms with Crippen molar-refractivity contribution in [2.24, 2.45) is 11.8 Å². The number of rotatable bonds is 6. The van der Waals surface area contributed by atoms with Gasteiger partial charge in [-0.25, -0.2) is 0 Å². The van der Waals surface area contributed by atoms with Crippen LogP contribution in [0, 0.1) is 5.92 Å². The molecule has 1 aliphatic rings. The van der Waals surface area contributed by atoms with Gasteiger partial charge in [0.05, 0.1) is 0 Å². The second-order valence-corrected chi connectivity index (χ2v) is 5.25. The Balaban J connectivity index is 2.09. The van der Waals surface area contributed by atoms with Gasteiger partial charge >= 0.3 is 0 Å². The molecule has 0 radical (unpaired) electrons. The lowest BCUT2D eigenvalue weighted by atomic mass is 9.93. The van der Waals surface area contributed by atoms with Gasteiger partial charge in [-0.1, -0.05) is 32.8 Å². The van der Waals surface area contributed by atoms with Crippen molar-refractivity contribution < 1.29 is 9.47 Å². The van der Waals surface area contributed by atoms with E-state index in [1.807, 2.05) is 12.1 Å². The molecule has 4 heteroatoms. The van der Waals surface area contributed by atoms with Crippen LogP contribution in [0.5, 0.6) is 11.5 Å². The molecule has 0 aromatic heterocycles. The molecule has 1 aliphatic heterocycles. The number of hydrogen-bond acceptors (Lipinski definition) is 4. The first-order chi connectivity index (χ1) is 9.24. The van der Waals surface area contributed by atoms with Gasteiger partial charge in [-0.3, -0.25) is 11.3 Å². The van der Waals surface area contributed by atoms with Crippen LogP contribution in [0.1, 0.15) is 44.7 Å². The molecule has 4 nitrogen and oxygen atoms in total. The van der Waals surface area contributed by atoms with Crippen LogP contribution >= 0.6 is 0 Å². The fraction of sp³-hybridized carbons (Fsp3) is 0.600. The molecule has 0 saturated carbocycles. The summed E-state index contributed by atoms with van der Waals surface area (Å²) in [6.07, 6.45) is 3.46. The SMILES string of the molecule is CCCC(C)CC(NN)c1ccc2c(c1)OCCO2. The predicted octanol–water partition coefficient (Wildman–Crippen LogP) is 2.79. The molecule has 106 valence electrons. The van der Waals surface area contributed by atoms with Crippen molar-refractivity contribution in [2.75, 3.05) is 13.2 Å². The van der Waals surface area contributed by atoms with Crippen molar-refractivity contribution in [1.82, 2.24) is 5.43 Å². The summed E-state index contributed by atoms with van der Waals surface area (Å²) < 4.78 is 11.2. The average Bonchev–Trinajstić information content (AvgIpc) is 2.44. The lowest BCUT2D eigenvalue weighted by molar-refractivity contribution is 0.171. The van der Waals surface area contributed by atoms with Crippen molar-refractivity contribution in [3.63, 3.8) is 0 Å². The number of hydrazine groups is 1. The first-order valence-corrected chi connectivity index (χ1v) is 7.10. The van der Waals surface area contributed by atoms with Gasteiger partial charge in [0.2, 0.25) is 0 Å². The monoisotopic (exact) mass is 264 g/mol. The van der Waals surface area contributed by atoms with E-state index >= 15 is 0 Å². The van der Waals surface area contributed by atoms with Gasteiger partial charge in [0.15, 0.2) is 11.5 Å². The second-order valence-electron chi connectivity index (χ2n) is 5.25. The quantitative estimate of drug-likeness (QED) is 0.613. The minimum Gasteiger partial charge on any atom is -0.486 e. The van der Waals surface area contributed by atoms with Crippen LogP contribution < -0.4 is 20.7 Å². The molecule has 2 rings (SSSR count). The highest BCUT2D eigenvalue weighted by molar-refractivity contribution is 5.44. The van der Waals surface area contributed by atoms with Crippen molar-refractivity contribution in [2.45, 2.75) is 39.2 Å². The summed E-state index contributed by atoms with van der Waals surface area (Å²) >= 11 is 0. The Hall–Kier alpha value is -1.26. The Labute approximate surface area is 115 Å². The summed E-state index contributed by atoms with van der Waals surface area (Å²) in [5, 5.41) is 0. The van der Waals surface area contributed by atoms with Crippen LogP contribution in [-0.4, -0.2) is 13.2 Å². The molecule has 0 saturated heterocycles. The Bertz CT molecular complexity index is 409. The highest BCUT2D eigenvalue weighted by Gasteiger charge is 2.18. The highest BCUT2D eigenvalue weighted by Crippen LogP contribution is 2.34. The molecule has 1 aromatic carbocycles. The molecule has 1 heterocycles. The Morgan fingerprint density at radius 3 is 2.68 bits per heavy atom. The lowest BCUT2D eigenvalue weighted by Gasteiger charge is -2.23. The molecular weight excluding hydrogens is 240 g/mol. The average molecular weight is 264 g/mol. The van der Waals surface area contributed by atoms with Crippen molar-refractivity contribution in [3.05, 3.63) is 23.8 Å². The summed E-state index contributed by atoms with van der Waals surface area (Å²) in [6.45, 7) is 5.72. The van der Waals surface area contributed by atoms with Crippen LogP contribution in [0.25, 0.3) is 0 Å². The van der Waals surface area contributed by atoms with Crippen molar-refractivity contribution in [1.29, 1.82) is 0 Å². The third-order valence-corrected chi connectivity index (χ3v) is 3.59. The fourth-order valence-electron chi connectivity index (χ4n) is 2.59. The first kappa shape index (κ1) is 14.2. The molecule has 19 heavy (non-hydrogen) atoms. The smallest absolute Gasteiger partial charge is 0.161 e. The molecule has 2 unspecified atom stereocenters. The van der Waals surface area contributed by atoms with Gasteiger partial charge in [-0.2, -0.15) is 0 Å². The van der Waals surface area contributed by atoms with Gasteiger partial charge in [0, 0.05) is 6.04 Å². The third-order valence-electron chi connectivity index (χ3n) is 3.59. The zero-order valence-corrected chi connectivity index (χ0v) is 11.8. The molecule has 0 fully saturated rings. The normalized spacial score (nSPS) is 17.0. The minimum atomic E-state index is 0.164. The number of nitrogens with one attached hydrogen (secondary N) is 1. The zero-order valence-electron chi connectivity index (χ0n) is 11.8. The number of ether oxygens (including phenoxy) is 2. The van der Waals surface area contributed by atoms with Crippen molar-refractivity contribution >= 4 is 0 Å². The maximum atomic E-state index is 5.70. The highest BCUT2D eigenvalue weighted by atomic mass is 16.6. The maximum Gasteiger partial charge on any atom is 0.161 e. The second kappa shape index (κ2) is 6.78. The van der Waals surface area contributed by atoms with Crippen LogP contribution in [0.2, 0.25) is 0 Å². The standard InChI is InChI=1S/C15H24N2O2/c1-3-4-11(2)9-13(17-16)12-5-6-14-15(10-12)19-8-7-18-14/h5-6,10-11,13,17H,3-4,7-9,16H2,1-2H3. The van der Waals surface area contributed by atoms with E-state index in [-0.39, 0.29) is 6.04 Å². The first-order valence-electron chi connectivity index (χ1n) is 7.10. The van der Waals surface area contributed by atoms with Crippen molar-refractivity contribution in [3.8, 4) is 11.5 Å². The molecule has 2 atom stereocenters. The Morgan fingerprint density at radius 1 is 1.26 bits per heavy atom. The van der Waals surface area contributed by atoms with E-state index in [2.05, 4.69) is 25.3 Å². The van der Waals surface area contributed by atoms with E-state index in [1.54, 1.807) is 0 Å². The van der Waals surface area contributed by atoms with Gasteiger partial charge < -0.3 is 9.47 Å². The number of hydrogen-bond donors (Lipinski definition) is 2.